The lowest BCUT2D eigenvalue weighted by atomic mass is 10.4. The third-order valence-electron chi connectivity index (χ3n) is 1.91. The van der Waals surface area contributed by atoms with Crippen LogP contribution < -0.4 is 11.1 Å². The molecule has 3 heteroatoms. The Hall–Kier alpha value is -0.540. The van der Waals surface area contributed by atoms with E-state index in [9.17, 15) is 0 Å². The SMILES string of the molecule is Nc1ccsc1CNC1CC1. The van der Waals surface area contributed by atoms with Crippen molar-refractivity contribution in [3.63, 3.8) is 0 Å². The van der Waals surface area contributed by atoms with E-state index in [1.165, 1.54) is 17.7 Å². The van der Waals surface area contributed by atoms with Gasteiger partial charge in [-0.3, -0.25) is 0 Å². The smallest absolute Gasteiger partial charge is 0.0468 e. The summed E-state index contributed by atoms with van der Waals surface area (Å²) in [5.74, 6) is 0. The van der Waals surface area contributed by atoms with E-state index in [2.05, 4.69) is 5.32 Å². The van der Waals surface area contributed by atoms with Gasteiger partial charge in [-0.15, -0.1) is 11.3 Å². The van der Waals surface area contributed by atoms with Crippen molar-refractivity contribution in [3.05, 3.63) is 16.3 Å². The zero-order valence-corrected chi connectivity index (χ0v) is 7.16. The van der Waals surface area contributed by atoms with Crippen LogP contribution in [0.4, 0.5) is 5.69 Å². The van der Waals surface area contributed by atoms with E-state index in [1.54, 1.807) is 11.3 Å². The minimum atomic E-state index is 0.775. The monoisotopic (exact) mass is 168 g/mol. The number of nitrogens with one attached hydrogen (secondary N) is 1. The third kappa shape index (κ3) is 1.73. The Morgan fingerprint density at radius 3 is 3.00 bits per heavy atom. The predicted octanol–water partition coefficient (Wildman–Crippen LogP) is 1.58. The summed E-state index contributed by atoms with van der Waals surface area (Å²) in [4.78, 5) is 1.27. The van der Waals surface area contributed by atoms with Crippen molar-refractivity contribution in [2.75, 3.05) is 5.73 Å². The highest BCUT2D eigenvalue weighted by Gasteiger charge is 2.20. The van der Waals surface area contributed by atoms with Crippen LogP contribution in [-0.4, -0.2) is 6.04 Å². The van der Waals surface area contributed by atoms with Crippen LogP contribution in [0.2, 0.25) is 0 Å². The molecule has 2 nitrogen and oxygen atoms in total. The lowest BCUT2D eigenvalue weighted by Crippen LogP contribution is -2.15. The first-order valence-electron chi connectivity index (χ1n) is 3.91. The standard InChI is InChI=1S/C8H12N2S/c9-7-3-4-11-8(7)5-10-6-1-2-6/h3-4,6,10H,1-2,5,9H2. The van der Waals surface area contributed by atoms with Gasteiger partial charge in [-0.1, -0.05) is 0 Å². The summed E-state index contributed by atoms with van der Waals surface area (Å²) in [6.07, 6.45) is 2.68. The van der Waals surface area contributed by atoms with Crippen LogP contribution in [0.3, 0.4) is 0 Å². The molecule has 1 aromatic heterocycles. The molecule has 0 saturated heterocycles. The zero-order valence-electron chi connectivity index (χ0n) is 6.34. The summed E-state index contributed by atoms with van der Waals surface area (Å²) >= 11 is 1.73. The van der Waals surface area contributed by atoms with Crippen molar-refractivity contribution in [2.24, 2.45) is 0 Å². The van der Waals surface area contributed by atoms with Gasteiger partial charge in [0.05, 0.1) is 0 Å². The first-order valence-corrected chi connectivity index (χ1v) is 4.79. The van der Waals surface area contributed by atoms with Gasteiger partial charge in [0.15, 0.2) is 0 Å². The normalized spacial score (nSPS) is 17.1. The summed E-state index contributed by atoms with van der Waals surface area (Å²) in [6, 6.07) is 2.74. The molecule has 0 bridgehead atoms. The Balaban J connectivity index is 1.89. The van der Waals surface area contributed by atoms with E-state index in [-0.39, 0.29) is 0 Å². The molecule has 0 amide bonds. The number of nitrogen functional groups attached to an aromatic ring is 1. The molecule has 11 heavy (non-hydrogen) atoms. The zero-order chi connectivity index (χ0) is 7.68. The molecule has 60 valence electrons. The van der Waals surface area contributed by atoms with E-state index in [1.807, 2.05) is 11.4 Å². The summed E-state index contributed by atoms with van der Waals surface area (Å²) < 4.78 is 0. The Morgan fingerprint density at radius 1 is 1.64 bits per heavy atom. The number of thiophene rings is 1. The van der Waals surface area contributed by atoms with Crippen molar-refractivity contribution in [1.82, 2.24) is 5.32 Å². The average molecular weight is 168 g/mol. The van der Waals surface area contributed by atoms with Crippen molar-refractivity contribution in [3.8, 4) is 0 Å². The van der Waals surface area contributed by atoms with Gasteiger partial charge in [-0.25, -0.2) is 0 Å². The summed E-state index contributed by atoms with van der Waals surface area (Å²) in [7, 11) is 0. The number of nitrogens with two attached hydrogens (primary N) is 1. The first-order chi connectivity index (χ1) is 5.36. The molecule has 0 atom stereocenters. The molecule has 1 saturated carbocycles. The second-order valence-electron chi connectivity index (χ2n) is 2.95. The topological polar surface area (TPSA) is 38.0 Å². The van der Waals surface area contributed by atoms with Crippen LogP contribution >= 0.6 is 11.3 Å². The average Bonchev–Trinajstić information content (AvgIpc) is 2.73. The molecule has 3 N–H and O–H groups in total. The number of hydrogen-bond donors (Lipinski definition) is 2. The maximum Gasteiger partial charge on any atom is 0.0468 e. The summed E-state index contributed by atoms with van der Waals surface area (Å²) in [6.45, 7) is 0.953. The quantitative estimate of drug-likeness (QED) is 0.719. The van der Waals surface area contributed by atoms with Crippen LogP contribution in [0.25, 0.3) is 0 Å². The Bertz CT molecular complexity index is 240. The van der Waals surface area contributed by atoms with Crippen LogP contribution in [0, 0.1) is 0 Å². The molecule has 0 unspecified atom stereocenters. The van der Waals surface area contributed by atoms with Gasteiger partial charge in [0.25, 0.3) is 0 Å². The number of hydrogen-bond acceptors (Lipinski definition) is 3. The van der Waals surface area contributed by atoms with Gasteiger partial charge in [0.2, 0.25) is 0 Å². The highest BCUT2D eigenvalue weighted by molar-refractivity contribution is 7.10. The molecule has 2 rings (SSSR count). The van der Waals surface area contributed by atoms with Crippen molar-refractivity contribution < 1.29 is 0 Å². The third-order valence-corrected chi connectivity index (χ3v) is 2.85. The molecular weight excluding hydrogens is 156 g/mol. The molecule has 0 radical (unpaired) electrons. The molecule has 0 aromatic carbocycles. The van der Waals surface area contributed by atoms with Crippen LogP contribution in [0.1, 0.15) is 17.7 Å². The largest absolute Gasteiger partial charge is 0.398 e. The molecule has 0 aliphatic heterocycles. The van der Waals surface area contributed by atoms with E-state index < -0.39 is 0 Å². The van der Waals surface area contributed by atoms with E-state index in [0.29, 0.717) is 0 Å². The summed E-state index contributed by atoms with van der Waals surface area (Å²) in [5, 5.41) is 5.47. The molecule has 1 heterocycles. The molecule has 0 spiro atoms. The Labute approximate surface area is 70.4 Å². The highest BCUT2D eigenvalue weighted by atomic mass is 32.1. The molecule has 1 aliphatic rings. The number of anilines is 1. The molecule has 1 aliphatic carbocycles. The Kier molecular flexibility index (Phi) is 1.84. The van der Waals surface area contributed by atoms with E-state index in [0.717, 1.165) is 18.3 Å². The van der Waals surface area contributed by atoms with Crippen LogP contribution in [-0.2, 0) is 6.54 Å². The van der Waals surface area contributed by atoms with Gasteiger partial charge in [-0.05, 0) is 24.3 Å². The van der Waals surface area contributed by atoms with Crippen LogP contribution in [0.15, 0.2) is 11.4 Å². The fourth-order valence-electron chi connectivity index (χ4n) is 1.02. The van der Waals surface area contributed by atoms with Gasteiger partial charge in [0.1, 0.15) is 0 Å². The lowest BCUT2D eigenvalue weighted by Gasteiger charge is -1.99. The van der Waals surface area contributed by atoms with Gasteiger partial charge in [-0.2, -0.15) is 0 Å². The highest BCUT2D eigenvalue weighted by Crippen LogP contribution is 2.22. The van der Waals surface area contributed by atoms with Gasteiger partial charge in [0, 0.05) is 23.2 Å². The molecule has 1 aromatic rings. The second kappa shape index (κ2) is 2.83. The fraction of sp³-hybridized carbons (Fsp3) is 0.500. The van der Waals surface area contributed by atoms with Gasteiger partial charge >= 0.3 is 0 Å². The Morgan fingerprint density at radius 2 is 2.45 bits per heavy atom. The fourth-order valence-corrected chi connectivity index (χ4v) is 1.77. The lowest BCUT2D eigenvalue weighted by molar-refractivity contribution is 0.696. The summed E-state index contributed by atoms with van der Waals surface area (Å²) in [5.41, 5.74) is 6.65. The number of rotatable bonds is 3. The second-order valence-corrected chi connectivity index (χ2v) is 3.95. The maximum atomic E-state index is 5.72. The first kappa shape index (κ1) is 7.13. The minimum Gasteiger partial charge on any atom is -0.398 e. The van der Waals surface area contributed by atoms with E-state index in [4.69, 9.17) is 5.73 Å². The van der Waals surface area contributed by atoms with Crippen molar-refractivity contribution in [2.45, 2.75) is 25.4 Å². The molecular formula is C8H12N2S. The van der Waals surface area contributed by atoms with Crippen LogP contribution in [0.5, 0.6) is 0 Å². The minimum absolute atomic E-state index is 0.775. The van der Waals surface area contributed by atoms with E-state index >= 15 is 0 Å². The van der Waals surface area contributed by atoms with Crippen molar-refractivity contribution in [1.29, 1.82) is 0 Å². The maximum absolute atomic E-state index is 5.72. The van der Waals surface area contributed by atoms with Crippen molar-refractivity contribution >= 4 is 17.0 Å². The predicted molar refractivity (Wildman–Crippen MR) is 48.6 cm³/mol. The molecule has 1 fully saturated rings. The van der Waals surface area contributed by atoms with Gasteiger partial charge < -0.3 is 11.1 Å².